The second kappa shape index (κ2) is 11.1. The molecule has 1 aliphatic rings. The van der Waals surface area contributed by atoms with Crippen LogP contribution in [-0.2, 0) is 6.42 Å². The van der Waals surface area contributed by atoms with Crippen LogP contribution in [0.4, 0.5) is 0 Å². The van der Waals surface area contributed by atoms with E-state index in [1.54, 1.807) is 0 Å². The Morgan fingerprint density at radius 2 is 1.46 bits per heavy atom. The highest BCUT2D eigenvalue weighted by atomic mass is 15.0. The van der Waals surface area contributed by atoms with Gasteiger partial charge in [-0.25, -0.2) is 0 Å². The van der Waals surface area contributed by atoms with Crippen molar-refractivity contribution in [3.8, 4) is 0 Å². The zero-order chi connectivity index (χ0) is 17.0. The van der Waals surface area contributed by atoms with Crippen LogP contribution in [0.1, 0.15) is 70.8 Å². The zero-order valence-electron chi connectivity index (χ0n) is 15.5. The molecule has 0 bridgehead atoms. The van der Waals surface area contributed by atoms with Crippen LogP contribution in [0.2, 0.25) is 0 Å². The molecular formula is C22H33N2+. The van der Waals surface area contributed by atoms with Gasteiger partial charge in [0.2, 0.25) is 6.17 Å². The van der Waals surface area contributed by atoms with Crippen molar-refractivity contribution >= 4 is 12.4 Å². The monoisotopic (exact) mass is 325 g/mol. The van der Waals surface area contributed by atoms with Crippen molar-refractivity contribution in [3.63, 3.8) is 0 Å². The van der Waals surface area contributed by atoms with Gasteiger partial charge in [0.1, 0.15) is 0 Å². The smallest absolute Gasteiger partial charge is 0.0965 e. The first kappa shape index (κ1) is 18.8. The Kier molecular flexibility index (Phi) is 8.65. The van der Waals surface area contributed by atoms with Gasteiger partial charge in [-0.2, -0.15) is 0 Å². The minimum Gasteiger partial charge on any atom is -0.0965 e. The summed E-state index contributed by atoms with van der Waals surface area (Å²) in [6.45, 7) is 4.56. The molecule has 0 saturated heterocycles. The number of rotatable bonds is 12. The van der Waals surface area contributed by atoms with Gasteiger partial charge in [-0.05, 0) is 30.7 Å². The molecule has 1 aromatic rings. The molecule has 2 rings (SSSR count). The molecule has 2 atom stereocenters. The molecule has 24 heavy (non-hydrogen) atoms. The van der Waals surface area contributed by atoms with E-state index in [-0.39, 0.29) is 0 Å². The van der Waals surface area contributed by atoms with E-state index in [1.807, 2.05) is 12.4 Å². The Hall–Kier alpha value is -1.57. The Morgan fingerprint density at radius 1 is 0.833 bits per heavy atom. The highest BCUT2D eigenvalue weighted by Gasteiger charge is 2.35. The van der Waals surface area contributed by atoms with E-state index < -0.39 is 0 Å². The third-order valence-corrected chi connectivity index (χ3v) is 5.02. The molecule has 0 fully saturated rings. The number of hydrogen-bond acceptors (Lipinski definition) is 2. The van der Waals surface area contributed by atoms with Crippen molar-refractivity contribution in [2.75, 3.05) is 0 Å². The maximum absolute atomic E-state index is 4.57. The summed E-state index contributed by atoms with van der Waals surface area (Å²) in [5.41, 5.74) is 1.45. The molecule has 0 aromatic heterocycles. The van der Waals surface area contributed by atoms with Crippen LogP contribution in [-0.4, -0.2) is 12.4 Å². The molecule has 0 saturated carbocycles. The van der Waals surface area contributed by atoms with E-state index in [2.05, 4.69) is 54.2 Å². The highest BCUT2D eigenvalue weighted by Crippen LogP contribution is 2.36. The van der Waals surface area contributed by atoms with Gasteiger partial charge in [-0.1, -0.05) is 92.7 Å². The molecule has 2 unspecified atom stereocenters. The fraction of sp³-hybridized carbons (Fsp3) is 0.591. The van der Waals surface area contributed by atoms with Gasteiger partial charge in [0.15, 0.2) is 12.4 Å². The molecular weight excluding hydrogens is 292 g/mol. The molecule has 130 valence electrons. The third kappa shape index (κ3) is 6.14. The SMILES string of the molecule is CCCCCC(Cc1ccccc1)C(CCCCC)[C+]1N=CC=N1. The summed E-state index contributed by atoms with van der Waals surface area (Å²) in [5, 5.41) is 0. The van der Waals surface area contributed by atoms with Crippen LogP contribution >= 0.6 is 0 Å². The Balaban J connectivity index is 2.08. The summed E-state index contributed by atoms with van der Waals surface area (Å²) < 4.78 is 0. The molecule has 1 aliphatic heterocycles. The molecule has 2 heteroatoms. The van der Waals surface area contributed by atoms with Gasteiger partial charge in [-0.15, -0.1) is 0 Å². The minimum absolute atomic E-state index is 0.503. The maximum Gasteiger partial charge on any atom is 0.244 e. The van der Waals surface area contributed by atoms with E-state index in [9.17, 15) is 0 Å². The van der Waals surface area contributed by atoms with Crippen molar-refractivity contribution in [1.29, 1.82) is 0 Å². The summed E-state index contributed by atoms with van der Waals surface area (Å²) in [5.74, 6) is 1.15. The van der Waals surface area contributed by atoms with Crippen LogP contribution in [0.3, 0.4) is 0 Å². The number of aliphatic imine (C=N–C) groups is 2. The zero-order valence-corrected chi connectivity index (χ0v) is 15.5. The second-order valence-electron chi connectivity index (χ2n) is 6.96. The molecule has 0 aliphatic carbocycles. The van der Waals surface area contributed by atoms with Crippen molar-refractivity contribution in [1.82, 2.24) is 0 Å². The molecule has 0 spiro atoms. The average molecular weight is 326 g/mol. The van der Waals surface area contributed by atoms with Crippen molar-refractivity contribution in [3.05, 3.63) is 42.1 Å². The van der Waals surface area contributed by atoms with Crippen LogP contribution in [0.5, 0.6) is 0 Å². The lowest BCUT2D eigenvalue weighted by molar-refractivity contribution is 0.285. The molecule has 0 N–H and O–H groups in total. The molecule has 0 radical (unpaired) electrons. The van der Waals surface area contributed by atoms with Gasteiger partial charge < -0.3 is 0 Å². The first-order valence-corrected chi connectivity index (χ1v) is 9.82. The number of benzene rings is 1. The Morgan fingerprint density at radius 3 is 2.08 bits per heavy atom. The summed E-state index contributed by atoms with van der Waals surface area (Å²) in [6, 6.07) is 10.9. The van der Waals surface area contributed by atoms with E-state index in [0.29, 0.717) is 11.8 Å². The summed E-state index contributed by atoms with van der Waals surface area (Å²) >= 11 is 0. The van der Waals surface area contributed by atoms with Gasteiger partial charge in [-0.3, -0.25) is 0 Å². The number of nitrogens with zero attached hydrogens (tertiary/aromatic N) is 2. The van der Waals surface area contributed by atoms with Crippen molar-refractivity contribution < 1.29 is 0 Å². The highest BCUT2D eigenvalue weighted by molar-refractivity contribution is 6.18. The number of hydrogen-bond donors (Lipinski definition) is 0. The van der Waals surface area contributed by atoms with E-state index in [4.69, 9.17) is 0 Å². The van der Waals surface area contributed by atoms with Crippen molar-refractivity contribution in [2.24, 2.45) is 21.8 Å². The second-order valence-corrected chi connectivity index (χ2v) is 6.96. The first-order chi connectivity index (χ1) is 11.8. The first-order valence-electron chi connectivity index (χ1n) is 9.82. The summed E-state index contributed by atoms with van der Waals surface area (Å²) in [7, 11) is 0. The van der Waals surface area contributed by atoms with Crippen LogP contribution in [0.25, 0.3) is 0 Å². The molecule has 0 amide bonds. The summed E-state index contributed by atoms with van der Waals surface area (Å²) in [4.78, 5) is 9.15. The average Bonchev–Trinajstić information content (AvgIpc) is 3.13. The Labute approximate surface area is 148 Å². The normalized spacial score (nSPS) is 15.8. The topological polar surface area (TPSA) is 24.7 Å². The standard InChI is InChI=1S/C22H33N2/c1-3-5-8-14-20(18-19-12-10-7-11-13-19)21(15-9-6-4-2)22-23-16-17-24-22/h7,10-13,16-17,20-21H,3-6,8-9,14-15,18H2,1-2H3/q+1. The van der Waals surface area contributed by atoms with Crippen LogP contribution in [0, 0.1) is 18.0 Å². The molecule has 2 nitrogen and oxygen atoms in total. The quantitative estimate of drug-likeness (QED) is 0.320. The molecule has 1 heterocycles. The van der Waals surface area contributed by atoms with E-state index >= 15 is 0 Å². The van der Waals surface area contributed by atoms with Crippen LogP contribution in [0.15, 0.2) is 40.3 Å². The Bertz CT molecular complexity index is 480. The van der Waals surface area contributed by atoms with Crippen LogP contribution < -0.4 is 0 Å². The minimum atomic E-state index is 0.503. The largest absolute Gasteiger partial charge is 0.244 e. The van der Waals surface area contributed by atoms with E-state index in [1.165, 1.54) is 56.9 Å². The fourth-order valence-electron chi connectivity index (χ4n) is 3.65. The van der Waals surface area contributed by atoms with Gasteiger partial charge in [0.05, 0.1) is 5.92 Å². The number of unbranched alkanes of at least 4 members (excludes halogenated alkanes) is 4. The van der Waals surface area contributed by atoms with E-state index in [0.717, 1.165) is 12.6 Å². The van der Waals surface area contributed by atoms with Gasteiger partial charge >= 0.3 is 0 Å². The predicted molar refractivity (Wildman–Crippen MR) is 106 cm³/mol. The lowest BCUT2D eigenvalue weighted by Gasteiger charge is -2.26. The van der Waals surface area contributed by atoms with Gasteiger partial charge in [0.25, 0.3) is 0 Å². The lowest BCUT2D eigenvalue weighted by atomic mass is 9.78. The predicted octanol–water partition coefficient (Wildman–Crippen LogP) is 6.27. The van der Waals surface area contributed by atoms with Gasteiger partial charge in [0, 0.05) is 0 Å². The summed E-state index contributed by atoms with van der Waals surface area (Å²) in [6.07, 6.45) is 16.2. The van der Waals surface area contributed by atoms with Crippen molar-refractivity contribution in [2.45, 2.75) is 71.6 Å². The molecule has 1 aromatic carbocycles. The third-order valence-electron chi connectivity index (χ3n) is 5.02. The lowest BCUT2D eigenvalue weighted by Crippen LogP contribution is -2.22. The fourth-order valence-corrected chi connectivity index (χ4v) is 3.65. The maximum atomic E-state index is 4.57.